The van der Waals surface area contributed by atoms with E-state index in [0.29, 0.717) is 23.6 Å². The first-order valence-electron chi connectivity index (χ1n) is 10.7. The Kier molecular flexibility index (Phi) is 6.51. The van der Waals surface area contributed by atoms with Gasteiger partial charge in [-0.2, -0.15) is 0 Å². The average Bonchev–Trinajstić information content (AvgIpc) is 2.95. The van der Waals surface area contributed by atoms with Crippen LogP contribution < -0.4 is 20.7 Å². The Morgan fingerprint density at radius 3 is 2.42 bits per heavy atom. The molecule has 0 saturated heterocycles. The van der Waals surface area contributed by atoms with Crippen molar-refractivity contribution in [3.8, 4) is 5.75 Å². The molecule has 7 heteroatoms. The maximum atomic E-state index is 13.3. The Balaban J connectivity index is 1.68. The van der Waals surface area contributed by atoms with Gasteiger partial charge in [-0.15, -0.1) is 0 Å². The number of carbonyl (C=O) groups is 2. The van der Waals surface area contributed by atoms with Gasteiger partial charge in [-0.1, -0.05) is 60.7 Å². The van der Waals surface area contributed by atoms with Crippen molar-refractivity contribution in [3.05, 3.63) is 95.6 Å². The molecule has 7 nitrogen and oxygen atoms in total. The number of anilines is 1. The summed E-state index contributed by atoms with van der Waals surface area (Å²) in [5.74, 6) is -0.186. The zero-order valence-electron chi connectivity index (χ0n) is 18.6. The van der Waals surface area contributed by atoms with Crippen LogP contribution in [-0.2, 0) is 16.0 Å². The van der Waals surface area contributed by atoms with Crippen LogP contribution in [0.4, 0.5) is 5.69 Å². The van der Waals surface area contributed by atoms with E-state index in [9.17, 15) is 9.59 Å². The Morgan fingerprint density at radius 1 is 1.09 bits per heavy atom. The lowest BCUT2D eigenvalue weighted by Crippen LogP contribution is -2.51. The summed E-state index contributed by atoms with van der Waals surface area (Å²) >= 11 is 0. The fraction of sp³-hybridized carbons (Fsp3) is 0.192. The predicted molar refractivity (Wildman–Crippen MR) is 129 cm³/mol. The van der Waals surface area contributed by atoms with Gasteiger partial charge in [0.15, 0.2) is 0 Å². The summed E-state index contributed by atoms with van der Waals surface area (Å²) in [5, 5.41) is 2.75. The fourth-order valence-corrected chi connectivity index (χ4v) is 3.79. The first kappa shape index (κ1) is 22.2. The van der Waals surface area contributed by atoms with Crippen LogP contribution in [0.15, 0.2) is 83.9 Å². The van der Waals surface area contributed by atoms with Crippen LogP contribution in [0, 0.1) is 0 Å². The normalized spacial score (nSPS) is 16.3. The maximum Gasteiger partial charge on any atom is 0.272 e. The number of benzene rings is 3. The molecule has 2 unspecified atom stereocenters. The van der Waals surface area contributed by atoms with Gasteiger partial charge in [-0.05, 0) is 24.1 Å². The van der Waals surface area contributed by atoms with E-state index in [1.807, 2.05) is 72.8 Å². The highest BCUT2D eigenvalue weighted by molar-refractivity contribution is 6.20. The van der Waals surface area contributed by atoms with Crippen LogP contribution in [-0.4, -0.2) is 43.9 Å². The molecule has 1 aliphatic heterocycles. The van der Waals surface area contributed by atoms with Crippen LogP contribution in [0.2, 0.25) is 0 Å². The van der Waals surface area contributed by atoms with Crippen molar-refractivity contribution in [1.29, 1.82) is 0 Å². The number of amides is 2. The minimum atomic E-state index is -1.11. The molecule has 2 amide bonds. The van der Waals surface area contributed by atoms with E-state index in [2.05, 4.69) is 5.32 Å². The van der Waals surface area contributed by atoms with E-state index in [4.69, 9.17) is 15.5 Å². The lowest BCUT2D eigenvalue weighted by atomic mass is 10.00. The highest BCUT2D eigenvalue weighted by atomic mass is 16.5. The SMILES string of the molecule is COc1ccc2c(c1)N(C)C(=O)C(NC(=O)C(N)Cc1ccccc1)N=C2c1ccccc1. The van der Waals surface area contributed by atoms with Crippen molar-refractivity contribution in [2.75, 3.05) is 19.1 Å². The number of nitrogens with zero attached hydrogens (tertiary/aromatic N) is 2. The number of hydrogen-bond donors (Lipinski definition) is 2. The third kappa shape index (κ3) is 4.78. The summed E-state index contributed by atoms with van der Waals surface area (Å²) in [5.41, 5.74) is 9.94. The van der Waals surface area contributed by atoms with Gasteiger partial charge in [0, 0.05) is 24.2 Å². The molecule has 0 saturated carbocycles. The van der Waals surface area contributed by atoms with E-state index in [-0.39, 0.29) is 5.91 Å². The number of methoxy groups -OCH3 is 1. The van der Waals surface area contributed by atoms with Crippen molar-refractivity contribution in [2.45, 2.75) is 18.6 Å². The summed E-state index contributed by atoms with van der Waals surface area (Å²) in [6.07, 6.45) is -0.756. The third-order valence-electron chi connectivity index (χ3n) is 5.61. The summed E-state index contributed by atoms with van der Waals surface area (Å²) in [7, 11) is 3.23. The highest BCUT2D eigenvalue weighted by Gasteiger charge is 2.32. The van der Waals surface area contributed by atoms with Gasteiger partial charge in [0.1, 0.15) is 5.75 Å². The van der Waals surface area contributed by atoms with Gasteiger partial charge in [0.25, 0.3) is 5.91 Å². The Labute approximate surface area is 192 Å². The fourth-order valence-electron chi connectivity index (χ4n) is 3.79. The molecular formula is C26H26N4O3. The number of benzodiazepines with no additional fused rings is 1. The first-order chi connectivity index (χ1) is 16.0. The number of likely N-dealkylation sites (N-methyl/N-ethyl adjacent to an activating group) is 1. The van der Waals surface area contributed by atoms with Crippen LogP contribution >= 0.6 is 0 Å². The summed E-state index contributed by atoms with van der Waals surface area (Å²) < 4.78 is 5.36. The van der Waals surface area contributed by atoms with E-state index < -0.39 is 18.1 Å². The minimum absolute atomic E-state index is 0.357. The lowest BCUT2D eigenvalue weighted by Gasteiger charge is -2.22. The van der Waals surface area contributed by atoms with Crippen LogP contribution in [0.3, 0.4) is 0 Å². The lowest BCUT2D eigenvalue weighted by molar-refractivity contribution is -0.128. The number of nitrogens with one attached hydrogen (secondary N) is 1. The van der Waals surface area contributed by atoms with Gasteiger partial charge in [-0.3, -0.25) is 9.59 Å². The quantitative estimate of drug-likeness (QED) is 0.613. The number of aliphatic imine (C=N–C) groups is 1. The molecule has 0 fully saturated rings. The number of fused-ring (bicyclic) bond motifs is 1. The molecular weight excluding hydrogens is 416 g/mol. The van der Waals surface area contributed by atoms with Gasteiger partial charge >= 0.3 is 0 Å². The second kappa shape index (κ2) is 9.67. The second-order valence-corrected chi connectivity index (χ2v) is 7.83. The van der Waals surface area contributed by atoms with Crippen molar-refractivity contribution in [1.82, 2.24) is 5.32 Å². The zero-order valence-corrected chi connectivity index (χ0v) is 18.6. The first-order valence-corrected chi connectivity index (χ1v) is 10.7. The highest BCUT2D eigenvalue weighted by Crippen LogP contribution is 2.31. The monoisotopic (exact) mass is 442 g/mol. The summed E-state index contributed by atoms with van der Waals surface area (Å²) in [6, 6.07) is 23.7. The van der Waals surface area contributed by atoms with E-state index in [1.165, 1.54) is 4.90 Å². The molecule has 0 aliphatic carbocycles. The predicted octanol–water partition coefficient (Wildman–Crippen LogP) is 2.52. The molecule has 0 spiro atoms. The summed E-state index contributed by atoms with van der Waals surface area (Å²) in [6.45, 7) is 0. The molecule has 0 radical (unpaired) electrons. The topological polar surface area (TPSA) is 97.0 Å². The van der Waals surface area contributed by atoms with Crippen molar-refractivity contribution in [2.24, 2.45) is 10.7 Å². The molecule has 3 N–H and O–H groups in total. The molecule has 3 aromatic rings. The number of carbonyl (C=O) groups excluding carboxylic acids is 2. The second-order valence-electron chi connectivity index (χ2n) is 7.83. The molecule has 33 heavy (non-hydrogen) atoms. The van der Waals surface area contributed by atoms with Gasteiger partial charge in [-0.25, -0.2) is 4.99 Å². The zero-order chi connectivity index (χ0) is 23.4. The maximum absolute atomic E-state index is 13.3. The molecule has 1 heterocycles. The largest absolute Gasteiger partial charge is 0.497 e. The van der Waals surface area contributed by atoms with Crippen molar-refractivity contribution < 1.29 is 14.3 Å². The molecule has 0 bridgehead atoms. The molecule has 4 rings (SSSR count). The molecule has 0 aromatic heterocycles. The smallest absolute Gasteiger partial charge is 0.272 e. The van der Waals surface area contributed by atoms with Gasteiger partial charge in [0.05, 0.1) is 24.6 Å². The molecule has 3 aromatic carbocycles. The van der Waals surface area contributed by atoms with Crippen LogP contribution in [0.5, 0.6) is 5.75 Å². The Hall–Kier alpha value is -3.97. The Morgan fingerprint density at radius 2 is 1.76 bits per heavy atom. The number of rotatable bonds is 6. The van der Waals surface area contributed by atoms with Gasteiger partial charge in [0.2, 0.25) is 12.1 Å². The van der Waals surface area contributed by atoms with Crippen molar-refractivity contribution in [3.63, 3.8) is 0 Å². The van der Waals surface area contributed by atoms with Gasteiger partial charge < -0.3 is 20.7 Å². The number of hydrogen-bond acceptors (Lipinski definition) is 5. The minimum Gasteiger partial charge on any atom is -0.497 e. The van der Waals surface area contributed by atoms with Crippen LogP contribution in [0.1, 0.15) is 16.7 Å². The van der Waals surface area contributed by atoms with E-state index in [1.54, 1.807) is 20.2 Å². The van der Waals surface area contributed by atoms with E-state index in [0.717, 1.165) is 16.7 Å². The van der Waals surface area contributed by atoms with Crippen LogP contribution in [0.25, 0.3) is 0 Å². The average molecular weight is 443 g/mol. The third-order valence-corrected chi connectivity index (χ3v) is 5.61. The molecule has 168 valence electrons. The molecule has 2 atom stereocenters. The number of nitrogens with two attached hydrogens (primary N) is 1. The van der Waals surface area contributed by atoms with Crippen molar-refractivity contribution >= 4 is 23.2 Å². The number of ether oxygens (including phenoxy) is 1. The summed E-state index contributed by atoms with van der Waals surface area (Å²) in [4.78, 5) is 32.4. The van der Waals surface area contributed by atoms with E-state index >= 15 is 0 Å². The standard InChI is InChI=1S/C26H26N4O3/c1-30-22-16-19(33-2)13-14-20(22)23(18-11-7-4-8-12-18)28-24(26(30)32)29-25(31)21(27)15-17-9-5-3-6-10-17/h3-14,16,21,24H,15,27H2,1-2H3,(H,29,31). The Bertz CT molecular complexity index is 1180. The molecule has 1 aliphatic rings.